The molecule has 0 bridgehead atoms. The first kappa shape index (κ1) is 38.1. The van der Waals surface area contributed by atoms with E-state index in [1.165, 1.54) is 38.9 Å². The third kappa shape index (κ3) is 6.02. The van der Waals surface area contributed by atoms with Gasteiger partial charge in [-0.15, -0.1) is 0 Å². The van der Waals surface area contributed by atoms with Crippen molar-refractivity contribution in [3.63, 3.8) is 0 Å². The van der Waals surface area contributed by atoms with Crippen LogP contribution in [-0.2, 0) is 32.3 Å². The van der Waals surface area contributed by atoms with Gasteiger partial charge in [-0.2, -0.15) is 0 Å². The Morgan fingerprint density at radius 3 is 2.29 bits per heavy atom. The van der Waals surface area contributed by atoms with Crippen LogP contribution in [0.5, 0.6) is 0 Å². The minimum absolute atomic E-state index is 0.0653. The predicted octanol–water partition coefficient (Wildman–Crippen LogP) is 11.0. The van der Waals surface area contributed by atoms with Gasteiger partial charge in [-0.05, 0) is 142 Å². The van der Waals surface area contributed by atoms with Gasteiger partial charge in [0, 0.05) is 40.0 Å². The average Bonchev–Trinajstić information content (AvgIpc) is 3.69. The Balaban J connectivity index is 1.28. The van der Waals surface area contributed by atoms with Crippen LogP contribution < -0.4 is 0 Å². The number of aliphatic hydroxyl groups is 1. The van der Waals surface area contributed by atoms with Gasteiger partial charge in [0.2, 0.25) is 0 Å². The van der Waals surface area contributed by atoms with Gasteiger partial charge in [-0.3, -0.25) is 0 Å². The number of hydrogen-bond donors (Lipinski definition) is 2. The fraction of sp³-hybridized carbons (Fsp3) is 0.652. The Morgan fingerprint density at radius 1 is 0.904 bits per heavy atom. The van der Waals surface area contributed by atoms with Crippen molar-refractivity contribution < 1.29 is 19.0 Å². The maximum atomic E-state index is 11.2. The largest absolute Gasteiger partial charge is 0.413 e. The SMILES string of the molecule is CC[Si](CC)(CC)O[C@H]1CC[C@@]2(C)[C@@H](CC[C@@H](CO)[C@]2(C)c2cc3cc4c(cc3[nH]2)C[C@H]2C4=CC(C)(C)OC2(C)C)[C@]1(C)COCc1ccccc1. The van der Waals surface area contributed by atoms with E-state index in [9.17, 15) is 5.11 Å². The van der Waals surface area contributed by atoms with E-state index in [1.54, 1.807) is 0 Å². The third-order valence-corrected chi connectivity index (χ3v) is 20.1. The van der Waals surface area contributed by atoms with Gasteiger partial charge in [0.05, 0.1) is 30.5 Å². The number of aliphatic hydroxyl groups excluding tert-OH is 1. The van der Waals surface area contributed by atoms with Crippen molar-refractivity contribution in [3.8, 4) is 0 Å². The fourth-order valence-corrected chi connectivity index (χ4v) is 15.1. The van der Waals surface area contributed by atoms with E-state index in [4.69, 9.17) is 13.9 Å². The molecule has 0 amide bonds. The monoisotopic (exact) mass is 725 g/mol. The van der Waals surface area contributed by atoms with Crippen molar-refractivity contribution in [3.05, 3.63) is 77.0 Å². The summed E-state index contributed by atoms with van der Waals surface area (Å²) in [6, 6.07) is 21.4. The van der Waals surface area contributed by atoms with E-state index in [0.717, 1.165) is 50.2 Å². The van der Waals surface area contributed by atoms with Crippen LogP contribution in [0.25, 0.3) is 16.5 Å². The van der Waals surface area contributed by atoms with E-state index in [1.807, 2.05) is 0 Å². The molecule has 2 fully saturated rings. The Morgan fingerprint density at radius 2 is 1.62 bits per heavy atom. The maximum absolute atomic E-state index is 11.2. The Bertz CT molecular complexity index is 1780. The molecule has 7 atom stereocenters. The molecule has 52 heavy (non-hydrogen) atoms. The molecule has 7 rings (SSSR count). The second-order valence-electron chi connectivity index (χ2n) is 18.9. The van der Waals surface area contributed by atoms with Crippen molar-refractivity contribution in [2.75, 3.05) is 13.2 Å². The molecule has 2 N–H and O–H groups in total. The van der Waals surface area contributed by atoms with Crippen molar-refractivity contribution in [2.45, 2.75) is 149 Å². The first-order valence-electron chi connectivity index (χ1n) is 20.6. The summed E-state index contributed by atoms with van der Waals surface area (Å²) in [5.74, 6) is 0.915. The molecule has 2 saturated carbocycles. The maximum Gasteiger partial charge on any atom is 0.192 e. The number of benzene rings is 2. The quantitative estimate of drug-likeness (QED) is 0.193. The number of H-pyrrole nitrogens is 1. The molecule has 2 heterocycles. The molecule has 1 aliphatic heterocycles. The van der Waals surface area contributed by atoms with Crippen molar-refractivity contribution in [1.29, 1.82) is 0 Å². The number of rotatable bonds is 11. The van der Waals surface area contributed by atoms with Crippen molar-refractivity contribution >= 4 is 24.8 Å². The van der Waals surface area contributed by atoms with Gasteiger partial charge in [-0.1, -0.05) is 71.9 Å². The molecule has 5 nitrogen and oxygen atoms in total. The minimum Gasteiger partial charge on any atom is -0.413 e. The summed E-state index contributed by atoms with van der Waals surface area (Å²) in [5, 5.41) is 12.4. The van der Waals surface area contributed by atoms with Gasteiger partial charge >= 0.3 is 0 Å². The smallest absolute Gasteiger partial charge is 0.192 e. The average molecular weight is 726 g/mol. The standard InChI is InChI=1S/C46H67NO4Si/c1-11-52(12-2,13-3)50-41-21-22-45(9)39(44(41,8)30-49-29-31-17-15-14-16-18-31)20-19-34(28-48)46(45,10)40-26-33-23-35-32(25-38(33)47-40)24-37-36(35)27-42(4,5)51-43(37,6)7/h14-18,23,25-27,34,37,39,41,47-48H,11-13,19-22,24,28-30H2,1-10H3/t34-,37-,39-,41-,44-,45-,46+/m0/s1. The van der Waals surface area contributed by atoms with Crippen LogP contribution in [0.4, 0.5) is 0 Å². The number of aromatic nitrogens is 1. The third-order valence-electron chi connectivity index (χ3n) is 15.5. The summed E-state index contributed by atoms with van der Waals surface area (Å²) in [6.07, 6.45) is 7.73. The van der Waals surface area contributed by atoms with Crippen molar-refractivity contribution in [2.24, 2.45) is 28.6 Å². The summed E-state index contributed by atoms with van der Waals surface area (Å²) in [6.45, 7) is 25.0. The van der Waals surface area contributed by atoms with Crippen LogP contribution in [0, 0.1) is 28.6 Å². The Labute approximate surface area is 315 Å². The summed E-state index contributed by atoms with van der Waals surface area (Å²) >= 11 is 0. The van der Waals surface area contributed by atoms with Gasteiger partial charge in [0.25, 0.3) is 0 Å². The molecule has 3 aliphatic carbocycles. The molecule has 0 saturated heterocycles. The van der Waals surface area contributed by atoms with Crippen LogP contribution in [-0.4, -0.2) is 48.9 Å². The number of fused-ring (bicyclic) bond motifs is 5. The van der Waals surface area contributed by atoms with Gasteiger partial charge in [0.1, 0.15) is 0 Å². The van der Waals surface area contributed by atoms with E-state index in [-0.39, 0.29) is 46.1 Å². The number of ether oxygens (including phenoxy) is 2. The lowest BCUT2D eigenvalue weighted by molar-refractivity contribution is -0.188. The zero-order valence-electron chi connectivity index (χ0n) is 34.0. The minimum atomic E-state index is -1.87. The first-order chi connectivity index (χ1) is 24.6. The van der Waals surface area contributed by atoms with Gasteiger partial charge < -0.3 is 24.0 Å². The molecule has 0 unspecified atom stereocenters. The van der Waals surface area contributed by atoms with Gasteiger partial charge in [0.15, 0.2) is 8.32 Å². The molecule has 2 aromatic carbocycles. The highest BCUT2D eigenvalue weighted by Gasteiger charge is 2.65. The van der Waals surface area contributed by atoms with E-state index < -0.39 is 8.32 Å². The van der Waals surface area contributed by atoms with E-state index >= 15 is 0 Å². The normalized spacial score (nSPS) is 33.7. The Hall–Kier alpha value is -2.22. The highest BCUT2D eigenvalue weighted by atomic mass is 28.4. The lowest BCUT2D eigenvalue weighted by Gasteiger charge is -2.66. The molecular weight excluding hydrogens is 659 g/mol. The van der Waals surface area contributed by atoms with Crippen molar-refractivity contribution in [1.82, 2.24) is 4.98 Å². The molecule has 0 spiro atoms. The molecular formula is C46H67NO4Si. The second kappa shape index (κ2) is 13.5. The molecule has 6 heteroatoms. The molecule has 4 aliphatic rings. The highest BCUT2D eigenvalue weighted by Crippen LogP contribution is 2.67. The van der Waals surface area contributed by atoms with Crippen LogP contribution in [0.15, 0.2) is 54.6 Å². The lowest BCUT2D eigenvalue weighted by Crippen LogP contribution is -2.66. The zero-order chi connectivity index (χ0) is 37.3. The summed E-state index contributed by atoms with van der Waals surface area (Å²) < 4.78 is 20.9. The topological polar surface area (TPSA) is 63.7 Å². The van der Waals surface area contributed by atoms with Crippen LogP contribution in [0.2, 0.25) is 18.1 Å². The molecule has 284 valence electrons. The summed E-state index contributed by atoms with van der Waals surface area (Å²) in [4.78, 5) is 4.03. The summed E-state index contributed by atoms with van der Waals surface area (Å²) in [5.41, 5.74) is 6.98. The van der Waals surface area contributed by atoms with Crippen LogP contribution in [0.1, 0.15) is 117 Å². The second-order valence-corrected chi connectivity index (χ2v) is 23.7. The van der Waals surface area contributed by atoms with Crippen LogP contribution in [0.3, 0.4) is 0 Å². The molecule has 1 aromatic heterocycles. The number of hydrogen-bond acceptors (Lipinski definition) is 4. The van der Waals surface area contributed by atoms with Crippen LogP contribution >= 0.6 is 0 Å². The highest BCUT2D eigenvalue weighted by molar-refractivity contribution is 6.73. The fourth-order valence-electron chi connectivity index (χ4n) is 12.1. The number of aromatic amines is 1. The van der Waals surface area contributed by atoms with Gasteiger partial charge in [-0.25, -0.2) is 0 Å². The predicted molar refractivity (Wildman–Crippen MR) is 217 cm³/mol. The zero-order valence-corrected chi connectivity index (χ0v) is 35.0. The van der Waals surface area contributed by atoms with E-state index in [2.05, 4.69) is 129 Å². The first-order valence-corrected chi connectivity index (χ1v) is 23.1. The lowest BCUT2D eigenvalue weighted by atomic mass is 9.40. The van der Waals surface area contributed by atoms with E-state index in [0.29, 0.717) is 25.0 Å². The molecule has 0 radical (unpaired) electrons. The number of nitrogens with one attached hydrogen (secondary N) is 1. The molecule has 3 aromatic rings. The summed E-state index contributed by atoms with van der Waals surface area (Å²) in [7, 11) is -1.87. The Kier molecular flexibility index (Phi) is 9.89.